The van der Waals surface area contributed by atoms with Crippen molar-refractivity contribution in [2.24, 2.45) is 0 Å². The Hall–Kier alpha value is -2.72. The molecule has 3 heterocycles. The summed E-state index contributed by atoms with van der Waals surface area (Å²) in [6, 6.07) is 9.22. The van der Waals surface area contributed by atoms with Crippen LogP contribution in [0.25, 0.3) is 0 Å². The molecule has 152 valence electrons. The molecule has 11 heteroatoms. The van der Waals surface area contributed by atoms with Crippen LogP contribution in [0.4, 0.5) is 11.4 Å². The summed E-state index contributed by atoms with van der Waals surface area (Å²) < 4.78 is 0.895. The van der Waals surface area contributed by atoms with Crippen molar-refractivity contribution in [1.82, 2.24) is 4.90 Å². The Labute approximate surface area is 188 Å². The largest absolute Gasteiger partial charge is 0.321 e. The molecule has 0 aliphatic carbocycles. The maximum Gasteiger partial charge on any atom is 0.265 e. The summed E-state index contributed by atoms with van der Waals surface area (Å²) in [4.78, 5) is 52.0. The smallest absolute Gasteiger partial charge is 0.265 e. The van der Waals surface area contributed by atoms with Crippen LogP contribution < -0.4 is 10.6 Å². The lowest BCUT2D eigenvalue weighted by Crippen LogP contribution is -2.25. The third kappa shape index (κ3) is 3.61. The second-order valence-electron chi connectivity index (χ2n) is 6.20. The van der Waals surface area contributed by atoms with Crippen LogP contribution in [0.15, 0.2) is 36.4 Å². The van der Waals surface area contributed by atoms with Crippen LogP contribution >= 0.6 is 45.9 Å². The quantitative estimate of drug-likeness (QED) is 0.522. The Bertz CT molecular complexity index is 1140. The average molecular weight is 480 g/mol. The van der Waals surface area contributed by atoms with Gasteiger partial charge in [0.1, 0.15) is 0 Å². The molecule has 0 unspecified atom stereocenters. The Kier molecular flexibility index (Phi) is 5.37. The van der Waals surface area contributed by atoms with Gasteiger partial charge >= 0.3 is 0 Å². The lowest BCUT2D eigenvalue weighted by atomic mass is 10.0. The van der Waals surface area contributed by atoms with E-state index in [0.29, 0.717) is 18.4 Å². The number of anilines is 2. The monoisotopic (exact) mass is 479 g/mol. The fourth-order valence-corrected chi connectivity index (χ4v) is 4.80. The standard InChI is InChI=1S/C19H11Cl2N3O4S2/c1-24-18(27)14-8(22-16(25)10-4-6-12(20)29-10)2-3-9(15(14)19(24)28)23-17(26)11-5-7-13(21)30-11/h2-7H,1H3,(H,22,25)(H,23,26). The molecule has 0 atom stereocenters. The van der Waals surface area contributed by atoms with Crippen molar-refractivity contribution in [1.29, 1.82) is 0 Å². The zero-order valence-electron chi connectivity index (χ0n) is 15.1. The van der Waals surface area contributed by atoms with Gasteiger partial charge < -0.3 is 10.6 Å². The summed E-state index contributed by atoms with van der Waals surface area (Å²) in [5.41, 5.74) is 0.361. The number of carbonyl (C=O) groups is 4. The van der Waals surface area contributed by atoms with E-state index in [1.807, 2.05) is 0 Å². The molecule has 1 aliphatic rings. The second kappa shape index (κ2) is 7.84. The predicted octanol–water partition coefficient (Wildman–Crippen LogP) is 4.85. The van der Waals surface area contributed by atoms with Gasteiger partial charge in [0.2, 0.25) is 0 Å². The van der Waals surface area contributed by atoms with Crippen LogP contribution in [0.5, 0.6) is 0 Å². The number of nitrogens with zero attached hydrogens (tertiary/aromatic N) is 1. The molecular formula is C19H11Cl2N3O4S2. The lowest BCUT2D eigenvalue weighted by Gasteiger charge is -2.12. The summed E-state index contributed by atoms with van der Waals surface area (Å²) >= 11 is 13.9. The zero-order valence-corrected chi connectivity index (χ0v) is 18.3. The summed E-state index contributed by atoms with van der Waals surface area (Å²) in [7, 11) is 1.33. The molecule has 7 nitrogen and oxygen atoms in total. The molecule has 3 aromatic rings. The number of carbonyl (C=O) groups excluding carboxylic acids is 4. The van der Waals surface area contributed by atoms with Gasteiger partial charge in [0.05, 0.1) is 40.9 Å². The van der Waals surface area contributed by atoms with Crippen molar-refractivity contribution in [2.45, 2.75) is 0 Å². The number of hydrogen-bond donors (Lipinski definition) is 2. The van der Waals surface area contributed by atoms with Gasteiger partial charge in [-0.2, -0.15) is 0 Å². The van der Waals surface area contributed by atoms with Crippen molar-refractivity contribution < 1.29 is 19.2 Å². The molecule has 0 bridgehead atoms. The highest BCUT2D eigenvalue weighted by Crippen LogP contribution is 2.35. The van der Waals surface area contributed by atoms with E-state index in [-0.39, 0.29) is 22.5 Å². The normalized spacial score (nSPS) is 12.8. The molecule has 0 radical (unpaired) electrons. The first-order chi connectivity index (χ1) is 14.3. The highest BCUT2D eigenvalue weighted by atomic mass is 35.5. The summed E-state index contributed by atoms with van der Waals surface area (Å²) in [6.45, 7) is 0. The van der Waals surface area contributed by atoms with Gasteiger partial charge in [-0.15, -0.1) is 22.7 Å². The van der Waals surface area contributed by atoms with Gasteiger partial charge in [0, 0.05) is 7.05 Å². The van der Waals surface area contributed by atoms with Crippen LogP contribution in [0, 0.1) is 0 Å². The van der Waals surface area contributed by atoms with E-state index in [0.717, 1.165) is 27.6 Å². The topological polar surface area (TPSA) is 95.6 Å². The number of rotatable bonds is 4. The number of nitrogens with one attached hydrogen (secondary N) is 2. The predicted molar refractivity (Wildman–Crippen MR) is 117 cm³/mol. The molecule has 2 aromatic heterocycles. The minimum Gasteiger partial charge on any atom is -0.321 e. The Balaban J connectivity index is 1.71. The van der Waals surface area contributed by atoms with E-state index in [4.69, 9.17) is 23.2 Å². The van der Waals surface area contributed by atoms with Crippen LogP contribution in [0.1, 0.15) is 40.1 Å². The van der Waals surface area contributed by atoms with Gasteiger partial charge in [-0.3, -0.25) is 24.1 Å². The van der Waals surface area contributed by atoms with E-state index in [2.05, 4.69) is 10.6 Å². The molecule has 1 aromatic carbocycles. The van der Waals surface area contributed by atoms with Crippen molar-refractivity contribution in [3.05, 3.63) is 66.0 Å². The molecule has 0 fully saturated rings. The van der Waals surface area contributed by atoms with Gasteiger partial charge in [-0.1, -0.05) is 23.2 Å². The van der Waals surface area contributed by atoms with Crippen LogP contribution in [-0.2, 0) is 0 Å². The molecule has 0 saturated carbocycles. The van der Waals surface area contributed by atoms with E-state index in [1.54, 1.807) is 24.3 Å². The molecule has 2 N–H and O–H groups in total. The van der Waals surface area contributed by atoms with E-state index >= 15 is 0 Å². The SMILES string of the molecule is CN1C(=O)c2c(NC(=O)c3ccc(Cl)s3)ccc(NC(=O)c3ccc(Cl)s3)c2C1=O. The van der Waals surface area contributed by atoms with Crippen molar-refractivity contribution in [3.8, 4) is 0 Å². The highest BCUT2D eigenvalue weighted by molar-refractivity contribution is 7.18. The van der Waals surface area contributed by atoms with Crippen LogP contribution in [0.2, 0.25) is 8.67 Å². The molecule has 1 aliphatic heterocycles. The Morgan fingerprint density at radius 1 is 0.767 bits per heavy atom. The average Bonchev–Trinajstić information content (AvgIpc) is 3.40. The van der Waals surface area contributed by atoms with Gasteiger partial charge in [-0.25, -0.2) is 0 Å². The van der Waals surface area contributed by atoms with E-state index in [9.17, 15) is 19.2 Å². The highest BCUT2D eigenvalue weighted by Gasteiger charge is 2.38. The van der Waals surface area contributed by atoms with Gasteiger partial charge in [0.15, 0.2) is 0 Å². The number of amides is 4. The maximum atomic E-state index is 12.7. The molecule has 0 saturated heterocycles. The summed E-state index contributed by atoms with van der Waals surface area (Å²) in [6.07, 6.45) is 0. The van der Waals surface area contributed by atoms with Gasteiger partial charge in [-0.05, 0) is 36.4 Å². The Morgan fingerprint density at radius 3 is 1.50 bits per heavy atom. The number of benzene rings is 1. The van der Waals surface area contributed by atoms with Crippen molar-refractivity contribution >= 4 is 80.9 Å². The number of thiophene rings is 2. The number of fused-ring (bicyclic) bond motifs is 1. The minimum absolute atomic E-state index is 0.0144. The maximum absolute atomic E-state index is 12.7. The number of imide groups is 1. The Morgan fingerprint density at radius 2 is 1.17 bits per heavy atom. The molecule has 4 amide bonds. The van der Waals surface area contributed by atoms with Gasteiger partial charge in [0.25, 0.3) is 23.6 Å². The third-order valence-corrected chi connectivity index (χ3v) is 6.79. The molecule has 30 heavy (non-hydrogen) atoms. The zero-order chi connectivity index (χ0) is 21.6. The first-order valence-corrected chi connectivity index (χ1v) is 10.8. The first kappa shape index (κ1) is 20.5. The van der Waals surface area contributed by atoms with Crippen LogP contribution in [0.3, 0.4) is 0 Å². The minimum atomic E-state index is -0.579. The first-order valence-electron chi connectivity index (χ1n) is 8.39. The third-order valence-electron chi connectivity index (χ3n) is 4.33. The lowest BCUT2D eigenvalue weighted by molar-refractivity contribution is 0.0693. The fourth-order valence-electron chi connectivity index (χ4n) is 2.92. The van der Waals surface area contributed by atoms with Crippen LogP contribution in [-0.4, -0.2) is 35.6 Å². The fraction of sp³-hybridized carbons (Fsp3) is 0.0526. The number of halogens is 2. The second-order valence-corrected chi connectivity index (χ2v) is 9.63. The molecule has 0 spiro atoms. The summed E-state index contributed by atoms with van der Waals surface area (Å²) in [5, 5.41) is 5.29. The summed E-state index contributed by atoms with van der Waals surface area (Å²) in [5.74, 6) is -2.09. The molecular weight excluding hydrogens is 469 g/mol. The molecule has 4 rings (SSSR count). The van der Waals surface area contributed by atoms with E-state index in [1.165, 1.54) is 19.2 Å². The van der Waals surface area contributed by atoms with Crippen molar-refractivity contribution in [2.75, 3.05) is 17.7 Å². The van der Waals surface area contributed by atoms with E-state index < -0.39 is 23.6 Å². The van der Waals surface area contributed by atoms with Crippen molar-refractivity contribution in [3.63, 3.8) is 0 Å². The number of hydrogen-bond acceptors (Lipinski definition) is 6.